The molecule has 0 aliphatic heterocycles. The lowest BCUT2D eigenvalue weighted by atomic mass is 10.1. The van der Waals surface area contributed by atoms with E-state index in [1.54, 1.807) is 0 Å². The van der Waals surface area contributed by atoms with Crippen LogP contribution in [-0.2, 0) is 16.1 Å². The van der Waals surface area contributed by atoms with Crippen LogP contribution in [0.15, 0.2) is 26.7 Å². The molecule has 6 heteroatoms. The summed E-state index contributed by atoms with van der Waals surface area (Å²) in [6, 6.07) is 0.772. The number of rotatable bonds is 4. The number of hydrogen-bond donors (Lipinski definition) is 0. The van der Waals surface area contributed by atoms with Crippen molar-refractivity contribution in [2.24, 2.45) is 17.3 Å². The van der Waals surface area contributed by atoms with E-state index in [4.69, 9.17) is 4.74 Å². The Labute approximate surface area is 151 Å². The lowest BCUT2D eigenvalue weighted by Crippen LogP contribution is -2.11. The molecule has 0 saturated heterocycles. The summed E-state index contributed by atoms with van der Waals surface area (Å²) < 4.78 is 32.7. The Balaban J connectivity index is 2.11. The molecule has 1 aromatic rings. The highest BCUT2D eigenvalue weighted by Gasteiger charge is 2.61. The van der Waals surface area contributed by atoms with Crippen molar-refractivity contribution in [3.05, 3.63) is 43.9 Å². The van der Waals surface area contributed by atoms with E-state index in [1.807, 2.05) is 27.7 Å². The van der Waals surface area contributed by atoms with Crippen LogP contribution < -0.4 is 0 Å². The molecular weight excluding hydrogens is 434 g/mol. The van der Waals surface area contributed by atoms with Gasteiger partial charge in [-0.2, -0.15) is 0 Å². The van der Waals surface area contributed by atoms with E-state index >= 15 is 0 Å². The third-order valence-electron chi connectivity index (χ3n) is 4.24. The van der Waals surface area contributed by atoms with Crippen LogP contribution in [-0.4, -0.2) is 5.97 Å². The molecule has 1 fully saturated rings. The number of carbonyl (C=O) groups is 1. The average Bonchev–Trinajstić information content (AvgIpc) is 2.96. The smallest absolute Gasteiger partial charge is 0.310 e. The molecule has 0 N–H and O–H groups in total. The van der Waals surface area contributed by atoms with Gasteiger partial charge in [0, 0.05) is 11.6 Å². The van der Waals surface area contributed by atoms with Gasteiger partial charge in [-0.25, -0.2) is 8.78 Å². The van der Waals surface area contributed by atoms with Crippen LogP contribution in [0.4, 0.5) is 8.78 Å². The lowest BCUT2D eigenvalue weighted by molar-refractivity contribution is -0.147. The van der Waals surface area contributed by atoms with Gasteiger partial charge in [-0.3, -0.25) is 4.79 Å². The molecule has 1 aliphatic carbocycles. The fourth-order valence-corrected chi connectivity index (χ4v) is 3.90. The third kappa shape index (κ3) is 3.68. The molecule has 2 atom stereocenters. The first-order valence-corrected chi connectivity index (χ1v) is 8.79. The van der Waals surface area contributed by atoms with Gasteiger partial charge in [-0.15, -0.1) is 0 Å². The molecule has 1 aliphatic rings. The molecule has 0 spiro atoms. The van der Waals surface area contributed by atoms with E-state index in [1.165, 1.54) is 0 Å². The molecule has 1 saturated carbocycles. The van der Waals surface area contributed by atoms with Crippen molar-refractivity contribution in [1.29, 1.82) is 0 Å². The Bertz CT molecular complexity index is 653. The fourth-order valence-electron chi connectivity index (χ4n) is 2.78. The second-order valence-corrected chi connectivity index (χ2v) is 8.21. The summed E-state index contributed by atoms with van der Waals surface area (Å²) in [6.45, 7) is 7.80. The lowest BCUT2D eigenvalue weighted by Gasteiger charge is -2.11. The molecule has 2 nitrogen and oxygen atoms in total. The number of halogens is 4. The van der Waals surface area contributed by atoms with E-state index in [-0.39, 0.29) is 44.3 Å². The van der Waals surface area contributed by atoms with Crippen LogP contribution in [0.1, 0.15) is 33.3 Å². The zero-order valence-electron chi connectivity index (χ0n) is 13.3. The number of carbonyl (C=O) groups excluding carboxylic acids is 1. The second-order valence-electron chi connectivity index (χ2n) is 6.62. The Morgan fingerprint density at radius 3 is 2.26 bits per heavy atom. The molecule has 0 radical (unpaired) electrons. The van der Waals surface area contributed by atoms with Crippen molar-refractivity contribution in [2.75, 3.05) is 0 Å². The van der Waals surface area contributed by atoms with Crippen LogP contribution in [0.3, 0.4) is 0 Å². The summed E-state index contributed by atoms with van der Waals surface area (Å²) in [6.07, 6.45) is 2.07. The molecule has 126 valence electrons. The average molecular weight is 452 g/mol. The number of benzene rings is 1. The van der Waals surface area contributed by atoms with Gasteiger partial charge in [0.15, 0.2) is 0 Å². The van der Waals surface area contributed by atoms with E-state index in [0.29, 0.717) is 0 Å². The standard InChI is InChI=1S/C17H18Br2F2O2/c1-8(2)5-10-13(17(10,3)4)16(22)23-7-9-14(18)11(20)6-12(21)15(9)19/h5-6,10,13H,7H2,1-4H3/t10-,13+/m1/s1. The summed E-state index contributed by atoms with van der Waals surface area (Å²) in [5.41, 5.74) is 1.24. The van der Waals surface area contributed by atoms with Gasteiger partial charge in [0.05, 0.1) is 14.9 Å². The molecule has 0 heterocycles. The minimum atomic E-state index is -0.731. The van der Waals surface area contributed by atoms with E-state index in [0.717, 1.165) is 11.6 Å². The normalized spacial score (nSPS) is 21.7. The third-order valence-corrected chi connectivity index (χ3v) is 5.95. The zero-order chi connectivity index (χ0) is 17.5. The largest absolute Gasteiger partial charge is 0.460 e. The molecule has 0 aromatic heterocycles. The highest BCUT2D eigenvalue weighted by atomic mass is 79.9. The predicted octanol–water partition coefficient (Wildman–Crippen LogP) is 5.77. The predicted molar refractivity (Wildman–Crippen MR) is 91.7 cm³/mol. The van der Waals surface area contributed by atoms with Gasteiger partial charge in [-0.1, -0.05) is 25.5 Å². The van der Waals surface area contributed by atoms with Crippen LogP contribution in [0.2, 0.25) is 0 Å². The highest BCUT2D eigenvalue weighted by Crippen LogP contribution is 2.59. The first-order chi connectivity index (χ1) is 10.6. The molecular formula is C17H18Br2F2O2. The number of ether oxygens (including phenoxy) is 1. The van der Waals surface area contributed by atoms with Crippen molar-refractivity contribution >= 4 is 37.8 Å². The van der Waals surface area contributed by atoms with E-state index < -0.39 is 11.6 Å². The topological polar surface area (TPSA) is 26.3 Å². The monoisotopic (exact) mass is 450 g/mol. The molecule has 0 unspecified atom stereocenters. The zero-order valence-corrected chi connectivity index (χ0v) is 16.5. The first-order valence-electron chi connectivity index (χ1n) is 7.21. The van der Waals surface area contributed by atoms with Crippen LogP contribution in [0.25, 0.3) is 0 Å². The fraction of sp³-hybridized carbons (Fsp3) is 0.471. The van der Waals surface area contributed by atoms with E-state index in [9.17, 15) is 13.6 Å². The summed E-state index contributed by atoms with van der Waals surface area (Å²) in [7, 11) is 0. The maximum atomic E-state index is 13.6. The van der Waals surface area contributed by atoms with E-state index in [2.05, 4.69) is 37.9 Å². The quantitative estimate of drug-likeness (QED) is 0.330. The van der Waals surface area contributed by atoms with Crippen molar-refractivity contribution in [3.63, 3.8) is 0 Å². The maximum Gasteiger partial charge on any atom is 0.310 e. The Hall–Kier alpha value is -0.750. The summed E-state index contributed by atoms with van der Waals surface area (Å²) in [4.78, 5) is 12.3. The molecule has 1 aromatic carbocycles. The van der Waals surface area contributed by atoms with Crippen molar-refractivity contribution < 1.29 is 18.3 Å². The Kier molecular flexibility index (Phi) is 5.36. The van der Waals surface area contributed by atoms with Crippen LogP contribution >= 0.6 is 31.9 Å². The van der Waals surface area contributed by atoms with Crippen molar-refractivity contribution in [3.8, 4) is 0 Å². The van der Waals surface area contributed by atoms with Crippen molar-refractivity contribution in [1.82, 2.24) is 0 Å². The minimum absolute atomic E-state index is 0.0921. The molecule has 0 amide bonds. The summed E-state index contributed by atoms with van der Waals surface area (Å²) in [5, 5.41) is 0. The minimum Gasteiger partial charge on any atom is -0.460 e. The van der Waals surface area contributed by atoms with Crippen LogP contribution in [0.5, 0.6) is 0 Å². The summed E-state index contributed by atoms with van der Waals surface area (Å²) in [5.74, 6) is -1.90. The Morgan fingerprint density at radius 2 is 1.78 bits per heavy atom. The number of esters is 1. The maximum absolute atomic E-state index is 13.6. The highest BCUT2D eigenvalue weighted by molar-refractivity contribution is 9.11. The molecule has 2 rings (SSSR count). The van der Waals surface area contributed by atoms with Crippen molar-refractivity contribution in [2.45, 2.75) is 34.3 Å². The van der Waals surface area contributed by atoms with Gasteiger partial charge in [0.1, 0.15) is 18.2 Å². The van der Waals surface area contributed by atoms with Gasteiger partial charge < -0.3 is 4.74 Å². The SMILES string of the molecule is CC(C)=C[C@@H]1[C@@H](C(=O)OCc2c(Br)c(F)cc(F)c2Br)C1(C)C. The number of hydrogen-bond acceptors (Lipinski definition) is 2. The van der Waals surface area contributed by atoms with Gasteiger partial charge in [0.25, 0.3) is 0 Å². The van der Waals surface area contributed by atoms with Crippen LogP contribution in [0, 0.1) is 28.9 Å². The van der Waals surface area contributed by atoms with Gasteiger partial charge in [0.2, 0.25) is 0 Å². The second kappa shape index (κ2) is 6.63. The Morgan fingerprint density at radius 1 is 1.26 bits per heavy atom. The molecule has 0 bridgehead atoms. The number of allylic oxidation sites excluding steroid dienone is 2. The summed E-state index contributed by atoms with van der Waals surface area (Å²) >= 11 is 6.13. The van der Waals surface area contributed by atoms with Gasteiger partial charge >= 0.3 is 5.97 Å². The van der Waals surface area contributed by atoms with Gasteiger partial charge in [-0.05, 0) is 57.0 Å². The molecule has 23 heavy (non-hydrogen) atoms. The first kappa shape index (κ1) is 18.6.